The first-order chi connectivity index (χ1) is 26.6. The summed E-state index contributed by atoms with van der Waals surface area (Å²) in [5, 5.41) is 52.7. The number of fused-ring (bicyclic) bond motifs is 3. The number of phenolic OH excluding ortho intramolecular Hbond substituents is 1. The Balaban J connectivity index is 1.42. The average Bonchev–Trinajstić information content (AvgIpc) is 3.60. The number of imidazole rings is 1. The Kier molecular flexibility index (Phi) is 11.7. The number of nitro groups is 1. The van der Waals surface area contributed by atoms with E-state index in [0.717, 1.165) is 17.7 Å². The van der Waals surface area contributed by atoms with Gasteiger partial charge in [-0.2, -0.15) is 21.9 Å². The molecular formula is C33H27N7O13S3. The van der Waals surface area contributed by atoms with Gasteiger partial charge in [-0.25, -0.2) is 10.2 Å². The van der Waals surface area contributed by atoms with E-state index in [1.165, 1.54) is 12.1 Å². The van der Waals surface area contributed by atoms with Crippen molar-refractivity contribution in [2.24, 2.45) is 20.5 Å². The topological polar surface area (TPSA) is 298 Å². The monoisotopic (exact) mass is 825 g/mol. The Morgan fingerprint density at radius 1 is 0.893 bits per heavy atom. The zero-order valence-electron chi connectivity index (χ0n) is 28.5. The van der Waals surface area contributed by atoms with Gasteiger partial charge in [0.25, 0.3) is 25.9 Å². The van der Waals surface area contributed by atoms with Crippen molar-refractivity contribution in [3.8, 4) is 22.9 Å². The summed E-state index contributed by atoms with van der Waals surface area (Å²) in [7, 11) is -9.28. The quantitative estimate of drug-likeness (QED) is 0.0123. The summed E-state index contributed by atoms with van der Waals surface area (Å²) in [6, 6.07) is 19.6. The molecule has 0 saturated carbocycles. The first-order valence-corrected chi connectivity index (χ1v) is 19.6. The third-order valence-electron chi connectivity index (χ3n) is 7.93. The van der Waals surface area contributed by atoms with Gasteiger partial charge < -0.3 is 14.8 Å². The van der Waals surface area contributed by atoms with Crippen LogP contribution in [-0.2, 0) is 29.6 Å². The summed E-state index contributed by atoms with van der Waals surface area (Å²) in [6.45, 7) is 1.31. The molecule has 5 N–H and O–H groups in total. The van der Waals surface area contributed by atoms with E-state index < -0.39 is 47.2 Å². The summed E-state index contributed by atoms with van der Waals surface area (Å²) >= 11 is 0.504. The molecule has 0 atom stereocenters. The second-order valence-corrected chi connectivity index (χ2v) is 15.4. The largest absolute Gasteiger partial charge is 0.505 e. The number of H-pyrrole nitrogens is 1. The SMILES string of the molecule is Cc1cc(/N=N/c2c(SOOO)cc3c(ccc4nc(-c5ccccc5)[nH]c43)c2O)c(OCCCS(=O)(=O)O)cc1/N=N/c1ccc([N+](=O)[O-])cc1S(=O)(=O)O. The number of rotatable bonds is 15. The summed E-state index contributed by atoms with van der Waals surface area (Å²) < 4.78 is 75.8. The van der Waals surface area contributed by atoms with Crippen molar-refractivity contribution < 1.29 is 55.3 Å². The lowest BCUT2D eigenvalue weighted by atomic mass is 10.1. The van der Waals surface area contributed by atoms with Crippen LogP contribution in [0.3, 0.4) is 0 Å². The Morgan fingerprint density at radius 3 is 2.32 bits per heavy atom. The number of nitrogens with zero attached hydrogens (tertiary/aromatic N) is 6. The van der Waals surface area contributed by atoms with Crippen molar-refractivity contribution in [1.82, 2.24) is 9.97 Å². The second-order valence-electron chi connectivity index (χ2n) is 11.7. The van der Waals surface area contributed by atoms with Crippen LogP contribution in [-0.4, -0.2) is 63.6 Å². The summed E-state index contributed by atoms with van der Waals surface area (Å²) in [4.78, 5) is 17.5. The summed E-state index contributed by atoms with van der Waals surface area (Å²) in [6.07, 6.45) is -0.153. The zero-order chi connectivity index (χ0) is 40.2. The number of nitrogens with one attached hydrogen (secondary N) is 1. The van der Waals surface area contributed by atoms with E-state index in [0.29, 0.717) is 51.3 Å². The number of aryl methyl sites for hydroxylation is 1. The molecule has 0 radical (unpaired) electrons. The van der Waals surface area contributed by atoms with Gasteiger partial charge >= 0.3 is 0 Å². The minimum atomic E-state index is -4.97. The normalized spacial score (nSPS) is 12.4. The van der Waals surface area contributed by atoms with E-state index in [4.69, 9.17) is 18.9 Å². The minimum absolute atomic E-state index is 0.0218. The fraction of sp³-hybridized carbons (Fsp3) is 0.121. The van der Waals surface area contributed by atoms with Gasteiger partial charge in [0, 0.05) is 34.5 Å². The van der Waals surface area contributed by atoms with E-state index in [-0.39, 0.29) is 46.5 Å². The van der Waals surface area contributed by atoms with E-state index in [1.807, 2.05) is 30.3 Å². The molecule has 20 nitrogen and oxygen atoms in total. The molecule has 0 bridgehead atoms. The number of aromatic hydroxyl groups is 1. The molecule has 6 rings (SSSR count). The number of benzene rings is 5. The lowest BCUT2D eigenvalue weighted by Gasteiger charge is -2.12. The Hall–Kier alpha value is -5.92. The average molecular weight is 826 g/mol. The van der Waals surface area contributed by atoms with Gasteiger partial charge in [0.15, 0.2) is 5.75 Å². The van der Waals surface area contributed by atoms with Crippen LogP contribution < -0.4 is 4.74 Å². The van der Waals surface area contributed by atoms with Gasteiger partial charge in [0.1, 0.15) is 33.5 Å². The maximum absolute atomic E-state index is 12.0. The van der Waals surface area contributed by atoms with E-state index in [2.05, 4.69) is 35.5 Å². The number of hydrogen-bond donors (Lipinski definition) is 5. The van der Waals surface area contributed by atoms with Gasteiger partial charge in [-0.3, -0.25) is 19.2 Å². The van der Waals surface area contributed by atoms with Crippen molar-refractivity contribution in [1.29, 1.82) is 0 Å². The summed E-state index contributed by atoms with van der Waals surface area (Å²) in [5.74, 6) is -0.451. The molecule has 0 amide bonds. The molecule has 0 unspecified atom stereocenters. The number of azo groups is 2. The van der Waals surface area contributed by atoms with Crippen molar-refractivity contribution >= 4 is 82.5 Å². The minimum Gasteiger partial charge on any atom is -0.505 e. The van der Waals surface area contributed by atoms with Crippen molar-refractivity contribution in [2.45, 2.75) is 23.1 Å². The highest BCUT2D eigenvalue weighted by molar-refractivity contribution is 7.94. The van der Waals surface area contributed by atoms with Crippen LogP contribution >= 0.6 is 12.0 Å². The summed E-state index contributed by atoms with van der Waals surface area (Å²) in [5.41, 5.74) is 1.25. The predicted molar refractivity (Wildman–Crippen MR) is 200 cm³/mol. The second kappa shape index (κ2) is 16.4. The van der Waals surface area contributed by atoms with Crippen LogP contribution in [0.15, 0.2) is 109 Å². The number of phenols is 1. The van der Waals surface area contributed by atoms with Crippen LogP contribution in [0.4, 0.5) is 28.4 Å². The molecule has 56 heavy (non-hydrogen) atoms. The van der Waals surface area contributed by atoms with E-state index in [1.54, 1.807) is 25.1 Å². The first kappa shape index (κ1) is 39.8. The Morgan fingerprint density at radius 2 is 1.62 bits per heavy atom. The molecule has 6 aromatic rings. The van der Waals surface area contributed by atoms with Crippen LogP contribution in [0.2, 0.25) is 0 Å². The number of aromatic amines is 1. The molecule has 0 aliphatic heterocycles. The number of hydrogen-bond acceptors (Lipinski definition) is 17. The molecule has 0 aliphatic rings. The maximum atomic E-state index is 12.0. The fourth-order valence-corrected chi connectivity index (χ4v) is 6.96. The highest BCUT2D eigenvalue weighted by Crippen LogP contribution is 2.46. The predicted octanol–water partition coefficient (Wildman–Crippen LogP) is 8.47. The van der Waals surface area contributed by atoms with Gasteiger partial charge in [0.2, 0.25) is 0 Å². The highest BCUT2D eigenvalue weighted by atomic mass is 32.2. The van der Waals surface area contributed by atoms with Gasteiger partial charge in [-0.1, -0.05) is 35.4 Å². The maximum Gasteiger partial charge on any atom is 0.297 e. The molecule has 0 aliphatic carbocycles. The van der Waals surface area contributed by atoms with E-state index >= 15 is 0 Å². The van der Waals surface area contributed by atoms with Gasteiger partial charge in [-0.05, 0) is 49.2 Å². The molecule has 5 aromatic carbocycles. The van der Waals surface area contributed by atoms with Crippen molar-refractivity contribution in [3.63, 3.8) is 0 Å². The molecule has 0 fully saturated rings. The smallest absolute Gasteiger partial charge is 0.297 e. The van der Waals surface area contributed by atoms with Crippen LogP contribution in [0.25, 0.3) is 33.2 Å². The van der Waals surface area contributed by atoms with Gasteiger partial charge in [0.05, 0.1) is 50.9 Å². The number of non-ortho nitro benzene ring substituents is 1. The van der Waals surface area contributed by atoms with Gasteiger partial charge in [-0.15, -0.1) is 19.7 Å². The Bertz CT molecular complexity index is 2760. The third kappa shape index (κ3) is 9.12. The van der Waals surface area contributed by atoms with Crippen LogP contribution in [0.1, 0.15) is 12.0 Å². The third-order valence-corrected chi connectivity index (χ3v) is 10.2. The zero-order valence-corrected chi connectivity index (χ0v) is 30.9. The molecule has 1 heterocycles. The molecule has 290 valence electrons. The van der Waals surface area contributed by atoms with Crippen molar-refractivity contribution in [2.75, 3.05) is 12.4 Å². The standard InChI is InChI=1S/C33H27N7O13S3/c1-18-14-26(27(51-12-5-13-55(45,46)47)17-25(18)37-36-23-10-8-20(40(42)43)15-29(23)56(48,49)50)38-39-31-28(54-53-52-44)16-22-21(32(31)41)9-11-24-30(22)35-33(34-24)19-6-3-2-4-7-19/h2-4,6-11,14-17,41,44H,5,12-13H2,1H3,(H,34,35)(H,45,46,47)(H,48,49,50)/b37-36+,39-38+. The van der Waals surface area contributed by atoms with Crippen LogP contribution in [0, 0.1) is 17.0 Å². The number of ether oxygens (including phenoxy) is 1. The molecular weight excluding hydrogens is 799 g/mol. The van der Waals surface area contributed by atoms with Crippen LogP contribution in [0.5, 0.6) is 11.5 Å². The molecule has 0 saturated heterocycles. The van der Waals surface area contributed by atoms with Crippen molar-refractivity contribution in [3.05, 3.63) is 94.5 Å². The lowest BCUT2D eigenvalue weighted by Crippen LogP contribution is -2.08. The van der Waals surface area contributed by atoms with E-state index in [9.17, 15) is 36.6 Å². The number of aromatic nitrogens is 2. The fourth-order valence-electron chi connectivity index (χ4n) is 5.35. The Labute approximate surface area is 320 Å². The number of nitro benzene ring substituents is 1. The first-order valence-electron chi connectivity index (χ1n) is 15.8. The molecule has 1 aromatic heterocycles. The molecule has 23 heteroatoms. The molecule has 0 spiro atoms. The lowest BCUT2D eigenvalue weighted by molar-refractivity contribution is -0.432. The highest BCUT2D eigenvalue weighted by Gasteiger charge is 2.22.